The van der Waals surface area contributed by atoms with Crippen LogP contribution in [0.1, 0.15) is 9.80 Å². The summed E-state index contributed by atoms with van der Waals surface area (Å²) in [6, 6.07) is 1.69. The van der Waals surface area contributed by atoms with E-state index in [1.165, 1.54) is 0 Å². The largest absolute Gasteiger partial charge is 0.316 e. The van der Waals surface area contributed by atoms with Crippen molar-refractivity contribution in [3.63, 3.8) is 0 Å². The smallest absolute Gasteiger partial charge is 0.286 e. The number of hydrogen-bond donors (Lipinski definition) is 1. The van der Waals surface area contributed by atoms with Crippen LogP contribution in [0, 0.1) is 11.6 Å². The number of aromatic nitrogens is 2. The normalized spacial score (nSPS) is 10.4. The molecule has 18 heavy (non-hydrogen) atoms. The summed E-state index contributed by atoms with van der Waals surface area (Å²) >= 11 is 9.32. The van der Waals surface area contributed by atoms with E-state index in [-0.39, 0.29) is 19.6 Å². The van der Waals surface area contributed by atoms with Gasteiger partial charge in [-0.3, -0.25) is 4.79 Å². The Morgan fingerprint density at radius 3 is 2.67 bits per heavy atom. The average molecular weight is 355 g/mol. The number of carbonyl (C=O) groups is 1. The van der Waals surface area contributed by atoms with Gasteiger partial charge in [0, 0.05) is 10.5 Å². The summed E-state index contributed by atoms with van der Waals surface area (Å²) in [5.41, 5.74) is -0.173. The van der Waals surface area contributed by atoms with Gasteiger partial charge in [0.1, 0.15) is 5.82 Å². The molecule has 0 bridgehead atoms. The number of benzene rings is 1. The summed E-state index contributed by atoms with van der Waals surface area (Å²) in [6.07, 6.45) is 0. The highest BCUT2D eigenvalue weighted by Gasteiger charge is 2.17. The van der Waals surface area contributed by atoms with Gasteiger partial charge < -0.3 is 5.32 Å². The molecule has 9 heteroatoms. The topological polar surface area (TPSA) is 54.9 Å². The van der Waals surface area contributed by atoms with E-state index in [0.29, 0.717) is 6.07 Å². The van der Waals surface area contributed by atoms with Crippen LogP contribution in [0.5, 0.6) is 0 Å². The van der Waals surface area contributed by atoms with E-state index >= 15 is 0 Å². The zero-order valence-electron chi connectivity index (χ0n) is 8.38. The number of halogens is 4. The monoisotopic (exact) mass is 353 g/mol. The third kappa shape index (κ3) is 2.82. The number of amides is 1. The van der Waals surface area contributed by atoms with Crippen molar-refractivity contribution in [2.75, 3.05) is 5.32 Å². The molecule has 0 unspecified atom stereocenters. The van der Waals surface area contributed by atoms with E-state index in [4.69, 9.17) is 11.6 Å². The summed E-state index contributed by atoms with van der Waals surface area (Å²) in [7, 11) is 0. The minimum atomic E-state index is -0.897. The Bertz CT molecular complexity index is 599. The van der Waals surface area contributed by atoms with Crippen molar-refractivity contribution in [2.24, 2.45) is 0 Å². The Morgan fingerprint density at radius 2 is 2.11 bits per heavy atom. The van der Waals surface area contributed by atoms with Gasteiger partial charge in [-0.05, 0) is 33.6 Å². The van der Waals surface area contributed by atoms with Crippen molar-refractivity contribution >= 4 is 50.5 Å². The Kier molecular flexibility index (Phi) is 3.88. The van der Waals surface area contributed by atoms with E-state index in [2.05, 4.69) is 31.4 Å². The molecule has 1 N–H and O–H groups in total. The summed E-state index contributed by atoms with van der Waals surface area (Å²) in [5, 5.41) is 9.19. The molecule has 0 spiro atoms. The predicted octanol–water partition coefficient (Wildman–Crippen LogP) is 3.48. The van der Waals surface area contributed by atoms with Gasteiger partial charge in [0.25, 0.3) is 5.91 Å². The van der Waals surface area contributed by atoms with Crippen LogP contribution in [0.4, 0.5) is 14.5 Å². The fraction of sp³-hybridized carbons (Fsp3) is 0. The lowest BCUT2D eigenvalue weighted by atomic mass is 10.3. The van der Waals surface area contributed by atoms with Crippen molar-refractivity contribution in [3.8, 4) is 0 Å². The van der Waals surface area contributed by atoms with Gasteiger partial charge in [0.2, 0.25) is 9.47 Å². The van der Waals surface area contributed by atoms with Crippen molar-refractivity contribution in [1.82, 2.24) is 10.2 Å². The van der Waals surface area contributed by atoms with E-state index in [0.717, 1.165) is 17.4 Å². The van der Waals surface area contributed by atoms with E-state index in [9.17, 15) is 13.6 Å². The average Bonchev–Trinajstić information content (AvgIpc) is 2.70. The number of carbonyl (C=O) groups excluding carboxylic acids is 1. The summed E-state index contributed by atoms with van der Waals surface area (Å²) in [6.45, 7) is 0. The highest BCUT2D eigenvalue weighted by molar-refractivity contribution is 9.10. The Hall–Kier alpha value is -1.12. The first kappa shape index (κ1) is 13.3. The highest BCUT2D eigenvalue weighted by Crippen LogP contribution is 2.27. The molecule has 94 valence electrons. The van der Waals surface area contributed by atoms with Crippen LogP contribution in [0.15, 0.2) is 16.6 Å². The zero-order valence-corrected chi connectivity index (χ0v) is 11.5. The second kappa shape index (κ2) is 5.25. The van der Waals surface area contributed by atoms with Gasteiger partial charge in [-0.2, -0.15) is 0 Å². The van der Waals surface area contributed by atoms with Crippen LogP contribution in [-0.4, -0.2) is 16.1 Å². The summed E-state index contributed by atoms with van der Waals surface area (Å²) in [5.74, 6) is -2.33. The third-order valence-electron chi connectivity index (χ3n) is 1.84. The predicted molar refractivity (Wildman–Crippen MR) is 66.9 cm³/mol. The third-order valence-corrected chi connectivity index (χ3v) is 3.48. The highest BCUT2D eigenvalue weighted by atomic mass is 79.9. The Morgan fingerprint density at radius 1 is 1.39 bits per heavy atom. The van der Waals surface area contributed by atoms with Gasteiger partial charge in [0.05, 0.1) is 5.69 Å². The van der Waals surface area contributed by atoms with Crippen LogP contribution < -0.4 is 5.32 Å². The number of anilines is 1. The van der Waals surface area contributed by atoms with Crippen molar-refractivity contribution in [2.45, 2.75) is 0 Å². The Labute approximate surface area is 117 Å². The second-order valence-corrected chi connectivity index (χ2v) is 5.47. The second-order valence-electron chi connectivity index (χ2n) is 3.06. The van der Waals surface area contributed by atoms with Gasteiger partial charge >= 0.3 is 0 Å². The van der Waals surface area contributed by atoms with Crippen LogP contribution in [0.2, 0.25) is 4.47 Å². The van der Waals surface area contributed by atoms with Crippen molar-refractivity contribution in [3.05, 3.63) is 37.7 Å². The molecular formula is C9H3BrClF2N3OS. The van der Waals surface area contributed by atoms with E-state index in [1.54, 1.807) is 0 Å². The van der Waals surface area contributed by atoms with Gasteiger partial charge in [-0.1, -0.05) is 11.3 Å². The van der Waals surface area contributed by atoms with Gasteiger partial charge in [0.15, 0.2) is 5.82 Å². The molecule has 0 aliphatic carbocycles. The molecule has 1 aromatic carbocycles. The van der Waals surface area contributed by atoms with Crippen LogP contribution in [0.3, 0.4) is 0 Å². The summed E-state index contributed by atoms with van der Waals surface area (Å²) in [4.78, 5) is 11.7. The molecular weight excluding hydrogens is 352 g/mol. The van der Waals surface area contributed by atoms with Gasteiger partial charge in [-0.15, -0.1) is 10.2 Å². The zero-order chi connectivity index (χ0) is 13.3. The number of nitrogens with one attached hydrogen (secondary N) is 1. The van der Waals surface area contributed by atoms with E-state index in [1.807, 2.05) is 0 Å². The molecule has 1 heterocycles. The van der Waals surface area contributed by atoms with E-state index < -0.39 is 17.5 Å². The minimum absolute atomic E-state index is 0.0179. The van der Waals surface area contributed by atoms with Crippen molar-refractivity contribution in [1.29, 1.82) is 0 Å². The van der Waals surface area contributed by atoms with Crippen molar-refractivity contribution < 1.29 is 13.6 Å². The molecule has 0 fully saturated rings. The number of hydrogen-bond acceptors (Lipinski definition) is 4. The SMILES string of the molecule is O=C(Nc1c(F)cc(F)cc1Br)c1nnc(Cl)s1. The molecule has 2 aromatic rings. The number of nitrogens with zero attached hydrogens (tertiary/aromatic N) is 2. The maximum absolute atomic E-state index is 13.4. The fourth-order valence-electron chi connectivity index (χ4n) is 1.13. The standard InChI is InChI=1S/C9H3BrClF2N3OS/c10-4-1-3(12)2-5(13)6(4)14-7(17)8-15-16-9(11)18-8/h1-2H,(H,14,17). The molecule has 1 aromatic heterocycles. The molecule has 0 radical (unpaired) electrons. The maximum Gasteiger partial charge on any atom is 0.286 e. The molecule has 0 atom stereocenters. The lowest BCUT2D eigenvalue weighted by Gasteiger charge is -2.06. The Balaban J connectivity index is 2.27. The van der Waals surface area contributed by atoms with Crippen LogP contribution in [0.25, 0.3) is 0 Å². The first-order valence-corrected chi connectivity index (χ1v) is 6.41. The molecule has 0 aliphatic rings. The molecule has 1 amide bonds. The van der Waals surface area contributed by atoms with Crippen LogP contribution in [-0.2, 0) is 0 Å². The lowest BCUT2D eigenvalue weighted by Crippen LogP contribution is -2.13. The lowest BCUT2D eigenvalue weighted by molar-refractivity contribution is 0.102. The first-order valence-electron chi connectivity index (χ1n) is 4.42. The summed E-state index contributed by atoms with van der Waals surface area (Å²) < 4.78 is 26.5. The quantitative estimate of drug-likeness (QED) is 0.898. The minimum Gasteiger partial charge on any atom is -0.316 e. The first-order chi connectivity index (χ1) is 8.47. The molecule has 4 nitrogen and oxygen atoms in total. The van der Waals surface area contributed by atoms with Crippen LogP contribution >= 0.6 is 38.9 Å². The fourth-order valence-corrected chi connectivity index (χ4v) is 2.36. The molecule has 0 aliphatic heterocycles. The number of rotatable bonds is 2. The molecule has 0 saturated heterocycles. The van der Waals surface area contributed by atoms with Gasteiger partial charge in [-0.25, -0.2) is 8.78 Å². The molecule has 0 saturated carbocycles. The maximum atomic E-state index is 13.4. The molecule has 2 rings (SSSR count).